The molecule has 23 heavy (non-hydrogen) atoms. The number of phenols is 1. The van der Waals surface area contributed by atoms with E-state index in [1.165, 1.54) is 12.1 Å². The normalized spacial score (nSPS) is 14.0. The molecule has 3 rings (SSSR count). The molecule has 1 heterocycles. The number of carbonyl (C=O) groups is 1. The highest BCUT2D eigenvalue weighted by molar-refractivity contribution is 9.10. The number of nitrogens with zero attached hydrogens (tertiary/aromatic N) is 1. The van der Waals surface area contributed by atoms with E-state index in [1.807, 2.05) is 0 Å². The molecule has 0 amide bonds. The van der Waals surface area contributed by atoms with Gasteiger partial charge in [0.05, 0.1) is 21.9 Å². The van der Waals surface area contributed by atoms with Gasteiger partial charge in [-0.3, -0.25) is 9.78 Å². The van der Waals surface area contributed by atoms with Crippen molar-refractivity contribution >= 4 is 27.8 Å². The molecule has 0 fully saturated rings. The number of fused-ring (bicyclic) bond motifs is 1. The Bertz CT molecular complexity index is 813. The molecule has 1 aliphatic rings. The number of ketones is 1. The number of aromatic nitrogens is 1. The zero-order valence-electron chi connectivity index (χ0n) is 12.6. The summed E-state index contributed by atoms with van der Waals surface area (Å²) in [6.07, 6.45) is 5.54. The summed E-state index contributed by atoms with van der Waals surface area (Å²) in [5, 5.41) is 10.3. The second kappa shape index (κ2) is 6.24. The molecule has 1 aromatic heterocycles. The molecule has 2 aromatic rings. The fourth-order valence-electron chi connectivity index (χ4n) is 2.83. The quantitative estimate of drug-likeness (QED) is 0.636. The molecular formula is C18H15BrFNO2. The Morgan fingerprint density at radius 2 is 2.17 bits per heavy atom. The van der Waals surface area contributed by atoms with E-state index in [0.717, 1.165) is 36.6 Å². The Balaban J connectivity index is 1.97. The van der Waals surface area contributed by atoms with Crippen LogP contribution >= 0.6 is 15.9 Å². The third-order valence-corrected chi connectivity index (χ3v) is 4.88. The Kier molecular flexibility index (Phi) is 4.31. The predicted molar refractivity (Wildman–Crippen MR) is 90.0 cm³/mol. The van der Waals surface area contributed by atoms with E-state index in [9.17, 15) is 14.3 Å². The Morgan fingerprint density at radius 1 is 1.39 bits per heavy atom. The number of rotatable bonds is 3. The van der Waals surface area contributed by atoms with Crippen LogP contribution in [0.15, 0.2) is 34.4 Å². The van der Waals surface area contributed by atoms with Gasteiger partial charge < -0.3 is 5.11 Å². The second-order valence-electron chi connectivity index (χ2n) is 5.64. The maximum Gasteiger partial charge on any atom is 0.192 e. The summed E-state index contributed by atoms with van der Waals surface area (Å²) < 4.78 is 13.5. The second-order valence-corrected chi connectivity index (χ2v) is 6.43. The van der Waals surface area contributed by atoms with Crippen LogP contribution in [0.5, 0.6) is 5.75 Å². The van der Waals surface area contributed by atoms with Gasteiger partial charge in [-0.05, 0) is 83.1 Å². The molecule has 0 saturated heterocycles. The lowest BCUT2D eigenvalue weighted by atomic mass is 9.98. The van der Waals surface area contributed by atoms with Crippen LogP contribution in [0.2, 0.25) is 0 Å². The lowest BCUT2D eigenvalue weighted by Crippen LogP contribution is -2.04. The number of allylic oxidation sites excluding steroid dienone is 1. The zero-order valence-corrected chi connectivity index (χ0v) is 14.2. The summed E-state index contributed by atoms with van der Waals surface area (Å²) in [5.41, 5.74) is 3.40. The first kappa shape index (κ1) is 15.9. The van der Waals surface area contributed by atoms with Crippen LogP contribution < -0.4 is 0 Å². The van der Waals surface area contributed by atoms with Crippen molar-refractivity contribution in [1.29, 1.82) is 0 Å². The number of halogens is 2. The molecular weight excluding hydrogens is 361 g/mol. The topological polar surface area (TPSA) is 50.2 Å². The third kappa shape index (κ3) is 3.06. The predicted octanol–water partition coefficient (Wildman–Crippen LogP) is 4.46. The van der Waals surface area contributed by atoms with E-state index in [0.29, 0.717) is 15.7 Å². The smallest absolute Gasteiger partial charge is 0.192 e. The third-order valence-electron chi connectivity index (χ3n) is 4.02. The Morgan fingerprint density at radius 3 is 2.87 bits per heavy atom. The van der Waals surface area contributed by atoms with Crippen molar-refractivity contribution in [3.8, 4) is 5.75 Å². The molecule has 1 aromatic carbocycles. The maximum absolute atomic E-state index is 12.9. The molecule has 0 radical (unpaired) electrons. The molecule has 0 spiro atoms. The van der Waals surface area contributed by atoms with Crippen molar-refractivity contribution in [2.24, 2.45) is 0 Å². The molecule has 0 bridgehead atoms. The standard InChI is InChI=1S/C18H15BrFNO2/c1-10(7-13-6-5-12(20)9-21-13)17(22)15-8-11-3-2-4-14(11)16(19)18(15)23/h5-9,23H,2-4H2,1H3/b10-7+. The van der Waals surface area contributed by atoms with Crippen LogP contribution in [-0.4, -0.2) is 15.9 Å². The van der Waals surface area contributed by atoms with Crippen molar-refractivity contribution in [2.75, 3.05) is 0 Å². The number of aromatic hydroxyl groups is 1. The summed E-state index contributed by atoms with van der Waals surface area (Å²) >= 11 is 3.40. The van der Waals surface area contributed by atoms with Gasteiger partial charge in [-0.25, -0.2) is 4.39 Å². The maximum atomic E-state index is 12.9. The van der Waals surface area contributed by atoms with Gasteiger partial charge in [0, 0.05) is 0 Å². The van der Waals surface area contributed by atoms with Crippen LogP contribution in [0.25, 0.3) is 6.08 Å². The van der Waals surface area contributed by atoms with E-state index in [2.05, 4.69) is 20.9 Å². The minimum Gasteiger partial charge on any atom is -0.506 e. The first-order valence-corrected chi connectivity index (χ1v) is 8.14. The highest BCUT2D eigenvalue weighted by Crippen LogP contribution is 2.39. The number of phenolic OH excluding ortho intramolecular Hbond substituents is 1. The zero-order chi connectivity index (χ0) is 16.6. The lowest BCUT2D eigenvalue weighted by Gasteiger charge is -2.11. The van der Waals surface area contributed by atoms with E-state index in [1.54, 1.807) is 19.1 Å². The van der Waals surface area contributed by atoms with E-state index in [4.69, 9.17) is 0 Å². The van der Waals surface area contributed by atoms with Gasteiger partial charge in [0.1, 0.15) is 11.6 Å². The van der Waals surface area contributed by atoms with Gasteiger partial charge in [-0.2, -0.15) is 0 Å². The van der Waals surface area contributed by atoms with Gasteiger partial charge in [0.15, 0.2) is 5.78 Å². The van der Waals surface area contributed by atoms with Crippen molar-refractivity contribution in [3.05, 3.63) is 62.6 Å². The monoisotopic (exact) mass is 375 g/mol. The number of aryl methyl sites for hydroxylation is 1. The average Bonchev–Trinajstić information content (AvgIpc) is 3.01. The van der Waals surface area contributed by atoms with Gasteiger partial charge in [-0.1, -0.05) is 0 Å². The molecule has 0 atom stereocenters. The number of hydrogen-bond donors (Lipinski definition) is 1. The van der Waals surface area contributed by atoms with Crippen LogP contribution in [0, 0.1) is 5.82 Å². The number of Topliss-reactive ketones (excluding diaryl/α,β-unsaturated/α-hetero) is 1. The largest absolute Gasteiger partial charge is 0.506 e. The number of hydrogen-bond acceptors (Lipinski definition) is 3. The molecule has 1 N–H and O–H groups in total. The minimum absolute atomic E-state index is 0.0181. The molecule has 0 unspecified atom stereocenters. The first-order valence-electron chi connectivity index (χ1n) is 7.35. The fourth-order valence-corrected chi connectivity index (χ4v) is 3.49. The van der Waals surface area contributed by atoms with Crippen LogP contribution in [0.3, 0.4) is 0 Å². The first-order chi connectivity index (χ1) is 11.0. The summed E-state index contributed by atoms with van der Waals surface area (Å²) in [6, 6.07) is 4.57. The summed E-state index contributed by atoms with van der Waals surface area (Å²) in [7, 11) is 0. The van der Waals surface area contributed by atoms with Crippen LogP contribution in [-0.2, 0) is 12.8 Å². The number of benzene rings is 1. The minimum atomic E-state index is -0.425. The van der Waals surface area contributed by atoms with Crippen molar-refractivity contribution in [3.63, 3.8) is 0 Å². The fraction of sp³-hybridized carbons (Fsp3) is 0.222. The summed E-state index contributed by atoms with van der Waals surface area (Å²) in [6.45, 7) is 1.66. The SMILES string of the molecule is C/C(=C\c1ccc(F)cn1)C(=O)c1cc2c(c(Br)c1O)CCC2. The Labute approximate surface area is 142 Å². The van der Waals surface area contributed by atoms with Crippen LogP contribution in [0.4, 0.5) is 4.39 Å². The van der Waals surface area contributed by atoms with Gasteiger partial charge in [0.25, 0.3) is 0 Å². The summed E-state index contributed by atoms with van der Waals surface area (Å²) in [5.74, 6) is -0.703. The van der Waals surface area contributed by atoms with Gasteiger partial charge >= 0.3 is 0 Å². The van der Waals surface area contributed by atoms with Crippen molar-refractivity contribution < 1.29 is 14.3 Å². The molecule has 0 aliphatic heterocycles. The van der Waals surface area contributed by atoms with Crippen molar-refractivity contribution in [1.82, 2.24) is 4.98 Å². The molecule has 118 valence electrons. The molecule has 1 aliphatic carbocycles. The molecule has 5 heteroatoms. The van der Waals surface area contributed by atoms with E-state index >= 15 is 0 Å². The van der Waals surface area contributed by atoms with E-state index < -0.39 is 5.82 Å². The van der Waals surface area contributed by atoms with Crippen LogP contribution in [0.1, 0.15) is 40.5 Å². The van der Waals surface area contributed by atoms with Crippen molar-refractivity contribution in [2.45, 2.75) is 26.2 Å². The lowest BCUT2D eigenvalue weighted by molar-refractivity contribution is 0.103. The average molecular weight is 376 g/mol. The van der Waals surface area contributed by atoms with Gasteiger partial charge in [-0.15, -0.1) is 0 Å². The molecule has 0 saturated carbocycles. The van der Waals surface area contributed by atoms with Gasteiger partial charge in [0.2, 0.25) is 0 Å². The highest BCUT2D eigenvalue weighted by atomic mass is 79.9. The summed E-state index contributed by atoms with van der Waals surface area (Å²) in [4.78, 5) is 16.6. The Hall–Kier alpha value is -2.01. The number of pyridine rings is 1. The van der Waals surface area contributed by atoms with E-state index in [-0.39, 0.29) is 17.1 Å². The molecule has 3 nitrogen and oxygen atoms in total. The number of carbonyl (C=O) groups excluding carboxylic acids is 1. The highest BCUT2D eigenvalue weighted by Gasteiger charge is 2.23.